The Morgan fingerprint density at radius 1 is 1.10 bits per heavy atom. The van der Waals surface area contributed by atoms with Gasteiger partial charge in [0, 0.05) is 0 Å². The molecule has 0 radical (unpaired) electrons. The predicted molar refractivity (Wildman–Crippen MR) is 80.1 cm³/mol. The van der Waals surface area contributed by atoms with Crippen LogP contribution in [0.4, 0.5) is 0 Å². The van der Waals surface area contributed by atoms with E-state index in [4.69, 9.17) is 4.74 Å². The molecule has 2 aromatic rings. The van der Waals surface area contributed by atoms with Gasteiger partial charge in [-0.2, -0.15) is 0 Å². The monoisotopic (exact) mass is 268 g/mol. The van der Waals surface area contributed by atoms with Crippen molar-refractivity contribution in [3.05, 3.63) is 65.2 Å². The second kappa shape index (κ2) is 5.68. The minimum absolute atomic E-state index is 0.553. The molecule has 1 saturated carbocycles. The molecule has 0 heterocycles. The van der Waals surface area contributed by atoms with Crippen LogP contribution in [0.3, 0.4) is 0 Å². The van der Waals surface area contributed by atoms with Crippen LogP contribution in [-0.4, -0.2) is 11.7 Å². The summed E-state index contributed by atoms with van der Waals surface area (Å²) in [5.41, 5.74) is 3.26. The maximum atomic E-state index is 10.6. The number of hydrogen-bond acceptors (Lipinski definition) is 2. The zero-order chi connectivity index (χ0) is 13.9. The second-order valence-corrected chi connectivity index (χ2v) is 5.31. The Morgan fingerprint density at radius 2 is 1.80 bits per heavy atom. The molecule has 1 fully saturated rings. The van der Waals surface area contributed by atoms with Gasteiger partial charge in [0.15, 0.2) is 0 Å². The van der Waals surface area contributed by atoms with E-state index >= 15 is 0 Å². The summed E-state index contributed by atoms with van der Waals surface area (Å²) in [6.07, 6.45) is 1.93. The van der Waals surface area contributed by atoms with Gasteiger partial charge in [-0.05, 0) is 54.5 Å². The molecule has 104 valence electrons. The van der Waals surface area contributed by atoms with Gasteiger partial charge >= 0.3 is 0 Å². The molecule has 1 aliphatic rings. The molecular weight excluding hydrogens is 248 g/mol. The summed E-state index contributed by atoms with van der Waals surface area (Å²) in [6.45, 7) is 2.63. The first-order valence-corrected chi connectivity index (χ1v) is 7.29. The summed E-state index contributed by atoms with van der Waals surface area (Å²) in [5, 5.41) is 10.6. The van der Waals surface area contributed by atoms with Crippen molar-refractivity contribution >= 4 is 0 Å². The fourth-order valence-electron chi connectivity index (χ4n) is 2.62. The molecule has 2 nitrogen and oxygen atoms in total. The fraction of sp³-hybridized carbons (Fsp3) is 0.333. The van der Waals surface area contributed by atoms with Crippen LogP contribution >= 0.6 is 0 Å². The lowest BCUT2D eigenvalue weighted by Crippen LogP contribution is -2.03. The molecule has 0 aromatic heterocycles. The highest BCUT2D eigenvalue weighted by Crippen LogP contribution is 2.43. The lowest BCUT2D eigenvalue weighted by molar-refractivity contribution is 0.219. The molecule has 3 rings (SSSR count). The average Bonchev–Trinajstić information content (AvgIpc) is 3.32. The smallest absolute Gasteiger partial charge is 0.119 e. The van der Waals surface area contributed by atoms with E-state index in [9.17, 15) is 5.11 Å². The van der Waals surface area contributed by atoms with Crippen molar-refractivity contribution in [3.8, 4) is 5.75 Å². The topological polar surface area (TPSA) is 29.5 Å². The summed E-state index contributed by atoms with van der Waals surface area (Å²) < 4.78 is 5.44. The standard InChI is InChI=1S/C18H20O2/c1-2-20-15-11-9-14(10-12-15)18(19)17-6-4-3-5-16(17)13-7-8-13/h3-6,9-13,18-19H,2,7-8H2,1H3. The first kappa shape index (κ1) is 13.2. The zero-order valence-electron chi connectivity index (χ0n) is 11.8. The van der Waals surface area contributed by atoms with Crippen LogP contribution in [0.1, 0.15) is 48.5 Å². The van der Waals surface area contributed by atoms with Crippen molar-refractivity contribution < 1.29 is 9.84 Å². The zero-order valence-corrected chi connectivity index (χ0v) is 11.8. The van der Waals surface area contributed by atoms with E-state index in [1.54, 1.807) is 0 Å². The van der Waals surface area contributed by atoms with Crippen molar-refractivity contribution in [2.45, 2.75) is 31.8 Å². The van der Waals surface area contributed by atoms with Crippen LogP contribution in [0, 0.1) is 0 Å². The predicted octanol–water partition coefficient (Wildman–Crippen LogP) is 4.04. The molecule has 20 heavy (non-hydrogen) atoms. The van der Waals surface area contributed by atoms with Gasteiger partial charge in [-0.25, -0.2) is 0 Å². The first-order valence-electron chi connectivity index (χ1n) is 7.29. The normalized spacial score (nSPS) is 15.9. The minimum atomic E-state index is -0.553. The Kier molecular flexibility index (Phi) is 3.75. The van der Waals surface area contributed by atoms with Gasteiger partial charge in [-0.1, -0.05) is 36.4 Å². The Hall–Kier alpha value is -1.80. The number of hydrogen-bond donors (Lipinski definition) is 1. The third-order valence-corrected chi connectivity index (χ3v) is 3.81. The molecule has 1 unspecified atom stereocenters. The maximum absolute atomic E-state index is 10.6. The molecular formula is C18H20O2. The molecule has 1 atom stereocenters. The molecule has 2 heteroatoms. The van der Waals surface area contributed by atoms with Crippen molar-refractivity contribution in [1.29, 1.82) is 0 Å². The molecule has 1 aliphatic carbocycles. The fourth-order valence-corrected chi connectivity index (χ4v) is 2.62. The minimum Gasteiger partial charge on any atom is -0.494 e. The van der Waals surface area contributed by atoms with Crippen LogP contribution in [0.5, 0.6) is 5.75 Å². The number of aliphatic hydroxyl groups excluding tert-OH is 1. The van der Waals surface area contributed by atoms with Crippen LogP contribution in [0.15, 0.2) is 48.5 Å². The van der Waals surface area contributed by atoms with E-state index in [0.717, 1.165) is 16.9 Å². The van der Waals surface area contributed by atoms with Gasteiger partial charge in [0.05, 0.1) is 6.61 Å². The van der Waals surface area contributed by atoms with Gasteiger partial charge in [0.25, 0.3) is 0 Å². The highest BCUT2D eigenvalue weighted by atomic mass is 16.5. The maximum Gasteiger partial charge on any atom is 0.119 e. The van der Waals surface area contributed by atoms with Crippen molar-refractivity contribution in [3.63, 3.8) is 0 Å². The lowest BCUT2D eigenvalue weighted by atomic mass is 9.94. The van der Waals surface area contributed by atoms with E-state index in [1.807, 2.05) is 43.3 Å². The molecule has 0 spiro atoms. The number of rotatable bonds is 5. The average molecular weight is 268 g/mol. The largest absolute Gasteiger partial charge is 0.494 e. The summed E-state index contributed by atoms with van der Waals surface area (Å²) in [4.78, 5) is 0. The van der Waals surface area contributed by atoms with E-state index in [2.05, 4.69) is 12.1 Å². The van der Waals surface area contributed by atoms with Gasteiger partial charge in [0.1, 0.15) is 11.9 Å². The first-order chi connectivity index (χ1) is 9.79. The van der Waals surface area contributed by atoms with E-state index < -0.39 is 6.10 Å². The molecule has 0 bridgehead atoms. The molecule has 0 saturated heterocycles. The SMILES string of the molecule is CCOc1ccc(C(O)c2ccccc2C2CC2)cc1. The number of benzene rings is 2. The van der Waals surface area contributed by atoms with Crippen LogP contribution in [0.25, 0.3) is 0 Å². The Balaban J connectivity index is 1.86. The highest BCUT2D eigenvalue weighted by Gasteiger charge is 2.27. The Bertz CT molecular complexity index is 570. The third-order valence-electron chi connectivity index (χ3n) is 3.81. The van der Waals surface area contributed by atoms with Crippen molar-refractivity contribution in [2.75, 3.05) is 6.61 Å². The summed E-state index contributed by atoms with van der Waals surface area (Å²) in [6, 6.07) is 16.0. The second-order valence-electron chi connectivity index (χ2n) is 5.31. The Labute approximate surface area is 120 Å². The molecule has 1 N–H and O–H groups in total. The molecule has 2 aromatic carbocycles. The highest BCUT2D eigenvalue weighted by molar-refractivity contribution is 5.40. The van der Waals surface area contributed by atoms with Gasteiger partial charge in [0.2, 0.25) is 0 Å². The number of aliphatic hydroxyl groups is 1. The van der Waals surface area contributed by atoms with Crippen molar-refractivity contribution in [2.24, 2.45) is 0 Å². The molecule has 0 aliphatic heterocycles. The van der Waals surface area contributed by atoms with Crippen LogP contribution in [0.2, 0.25) is 0 Å². The quantitative estimate of drug-likeness (QED) is 0.886. The summed E-state index contributed by atoms with van der Waals surface area (Å²) >= 11 is 0. The third kappa shape index (κ3) is 2.70. The van der Waals surface area contributed by atoms with E-state index in [1.165, 1.54) is 18.4 Å². The van der Waals surface area contributed by atoms with Crippen molar-refractivity contribution in [1.82, 2.24) is 0 Å². The van der Waals surface area contributed by atoms with E-state index in [-0.39, 0.29) is 0 Å². The van der Waals surface area contributed by atoms with Gasteiger partial charge in [-0.15, -0.1) is 0 Å². The van der Waals surface area contributed by atoms with Crippen LogP contribution in [-0.2, 0) is 0 Å². The van der Waals surface area contributed by atoms with Gasteiger partial charge in [-0.3, -0.25) is 0 Å². The number of ether oxygens (including phenoxy) is 1. The molecule has 0 amide bonds. The summed E-state index contributed by atoms with van der Waals surface area (Å²) in [7, 11) is 0. The van der Waals surface area contributed by atoms with E-state index in [0.29, 0.717) is 12.5 Å². The summed E-state index contributed by atoms with van der Waals surface area (Å²) in [5.74, 6) is 1.49. The Morgan fingerprint density at radius 3 is 2.45 bits per heavy atom. The lowest BCUT2D eigenvalue weighted by Gasteiger charge is -2.16. The van der Waals surface area contributed by atoms with Crippen LogP contribution < -0.4 is 4.74 Å². The van der Waals surface area contributed by atoms with Gasteiger partial charge < -0.3 is 9.84 Å².